The standard InChI is InChI=1S/C31H52N7O17P3S/c1-19(2)9-7-5-6-8-10-22(40)59-14-13-33-21(39)11-12-34-29(43)26(42)31(3,4)16-52-58(49,50)55-57(47,48)51-15-20-25(54-56(44,45)46)24(41)30(53-20)38-18-37-23-27(32)35-17-36-28(23)38/h8,10,17-20,24-26,30,41-42H,5-7,9,11-16H2,1-4H3,(H,33,39)(H,34,43)(H,47,48)(H,49,50)(H2,32,35,36)(H2,44,45,46)/t20-,24-,25-,26+,30-/m1/s1. The van der Waals surface area contributed by atoms with E-state index in [2.05, 4.69) is 48.3 Å². The number of unbranched alkanes of at least 4 members (excludes halogenated alkanes) is 2. The second-order valence-corrected chi connectivity index (χ2v) is 19.7. The monoisotopic (exact) mass is 919 g/mol. The van der Waals surface area contributed by atoms with Crippen LogP contribution in [0.25, 0.3) is 11.2 Å². The summed E-state index contributed by atoms with van der Waals surface area (Å²) >= 11 is 1.05. The zero-order chi connectivity index (χ0) is 44.2. The first-order valence-corrected chi connectivity index (χ1v) is 23.6. The number of thioether (sulfide) groups is 1. The molecule has 0 bridgehead atoms. The number of anilines is 1. The van der Waals surface area contributed by atoms with Gasteiger partial charge in [0.15, 0.2) is 17.7 Å². The van der Waals surface area contributed by atoms with Crippen LogP contribution in [-0.2, 0) is 50.7 Å². The number of rotatable bonds is 25. The molecule has 24 nitrogen and oxygen atoms in total. The molecule has 2 unspecified atom stereocenters. The van der Waals surface area contributed by atoms with E-state index in [-0.39, 0.29) is 41.6 Å². The Hall–Kier alpha value is -2.70. The van der Waals surface area contributed by atoms with Crippen molar-refractivity contribution in [1.29, 1.82) is 0 Å². The molecule has 1 fully saturated rings. The van der Waals surface area contributed by atoms with E-state index in [1.807, 2.05) is 6.08 Å². The second kappa shape index (κ2) is 22.4. The van der Waals surface area contributed by atoms with Crippen molar-refractivity contribution in [3.63, 3.8) is 0 Å². The number of nitrogens with two attached hydrogens (primary N) is 1. The number of carbonyl (C=O) groups is 3. The molecule has 0 aliphatic carbocycles. The number of amides is 2. The molecule has 1 saturated heterocycles. The Labute approximate surface area is 343 Å². The largest absolute Gasteiger partial charge is 0.481 e. The topological polar surface area (TPSA) is 364 Å². The maximum Gasteiger partial charge on any atom is 0.481 e. The zero-order valence-corrected chi connectivity index (χ0v) is 36.1. The fraction of sp³-hybridized carbons (Fsp3) is 0.677. The van der Waals surface area contributed by atoms with Crippen molar-refractivity contribution >= 4 is 69.1 Å². The summed E-state index contributed by atoms with van der Waals surface area (Å²) < 4.78 is 62.2. The lowest BCUT2D eigenvalue weighted by atomic mass is 9.87. The molecule has 0 saturated carbocycles. The van der Waals surface area contributed by atoms with E-state index in [1.165, 1.54) is 19.9 Å². The molecule has 59 heavy (non-hydrogen) atoms. The number of hydrogen-bond acceptors (Lipinski definition) is 18. The van der Waals surface area contributed by atoms with Crippen LogP contribution in [0.15, 0.2) is 24.8 Å². The van der Waals surface area contributed by atoms with E-state index in [1.54, 1.807) is 0 Å². The van der Waals surface area contributed by atoms with E-state index in [0.29, 0.717) is 11.7 Å². The van der Waals surface area contributed by atoms with Crippen LogP contribution in [-0.4, -0.2) is 123 Å². The molecule has 3 heterocycles. The molecule has 0 radical (unpaired) electrons. The van der Waals surface area contributed by atoms with Gasteiger partial charge in [0, 0.05) is 30.7 Å². The van der Waals surface area contributed by atoms with Crippen LogP contribution in [0.5, 0.6) is 0 Å². The normalized spacial score (nSPS) is 21.4. The number of phosphoric acid groups is 3. The first-order chi connectivity index (χ1) is 27.4. The lowest BCUT2D eigenvalue weighted by Gasteiger charge is -2.30. The molecule has 2 amide bonds. The van der Waals surface area contributed by atoms with Gasteiger partial charge in [0.05, 0.1) is 19.5 Å². The van der Waals surface area contributed by atoms with Crippen LogP contribution in [0.1, 0.15) is 66.0 Å². The number of nitrogens with one attached hydrogen (secondary N) is 2. The summed E-state index contributed by atoms with van der Waals surface area (Å²) in [6, 6.07) is 0. The lowest BCUT2D eigenvalue weighted by Crippen LogP contribution is -2.46. The zero-order valence-electron chi connectivity index (χ0n) is 32.6. The van der Waals surface area contributed by atoms with Gasteiger partial charge in [-0.25, -0.2) is 28.6 Å². The van der Waals surface area contributed by atoms with Gasteiger partial charge in [0.1, 0.15) is 36.3 Å². The maximum absolute atomic E-state index is 12.7. The summed E-state index contributed by atoms with van der Waals surface area (Å²) in [4.78, 5) is 87.7. The average Bonchev–Trinajstić information content (AvgIpc) is 3.69. The third-order valence-corrected chi connectivity index (χ3v) is 12.3. The Morgan fingerprint density at radius 1 is 1.05 bits per heavy atom. The van der Waals surface area contributed by atoms with Gasteiger partial charge in [-0.3, -0.25) is 32.5 Å². The van der Waals surface area contributed by atoms with Crippen LogP contribution < -0.4 is 16.4 Å². The fourth-order valence-electron chi connectivity index (χ4n) is 5.32. The van der Waals surface area contributed by atoms with Gasteiger partial charge in [0.25, 0.3) is 0 Å². The van der Waals surface area contributed by atoms with Crippen molar-refractivity contribution in [3.05, 3.63) is 24.8 Å². The smallest absolute Gasteiger partial charge is 0.386 e. The minimum Gasteiger partial charge on any atom is -0.386 e. The number of aromatic nitrogens is 4. The second-order valence-electron chi connectivity index (χ2n) is 14.3. The Bertz CT molecular complexity index is 1910. The predicted octanol–water partition coefficient (Wildman–Crippen LogP) is 1.44. The van der Waals surface area contributed by atoms with E-state index in [9.17, 15) is 57.9 Å². The van der Waals surface area contributed by atoms with E-state index in [0.717, 1.165) is 54.7 Å². The van der Waals surface area contributed by atoms with Crippen LogP contribution in [0.3, 0.4) is 0 Å². The Balaban J connectivity index is 1.43. The minimum atomic E-state index is -5.57. The summed E-state index contributed by atoms with van der Waals surface area (Å²) in [6.45, 7) is 4.82. The predicted molar refractivity (Wildman–Crippen MR) is 210 cm³/mol. The molecule has 28 heteroatoms. The van der Waals surface area contributed by atoms with Gasteiger partial charge in [-0.05, 0) is 24.8 Å². The molecular formula is C31H52N7O17P3S. The Kier molecular flexibility index (Phi) is 19.2. The Morgan fingerprint density at radius 3 is 2.42 bits per heavy atom. The molecule has 10 N–H and O–H groups in total. The summed E-state index contributed by atoms with van der Waals surface area (Å²) in [7, 11) is -16.4. The van der Waals surface area contributed by atoms with Gasteiger partial charge in [-0.1, -0.05) is 58.4 Å². The number of allylic oxidation sites excluding steroid dienone is 1. The van der Waals surface area contributed by atoms with E-state index in [4.69, 9.17) is 19.5 Å². The Morgan fingerprint density at radius 2 is 1.75 bits per heavy atom. The average molecular weight is 920 g/mol. The number of carbonyl (C=O) groups excluding carboxylic acids is 3. The molecular weight excluding hydrogens is 867 g/mol. The number of fused-ring (bicyclic) bond motifs is 1. The summed E-state index contributed by atoms with van der Waals surface area (Å²) in [5.41, 5.74) is 4.27. The third kappa shape index (κ3) is 16.9. The lowest BCUT2D eigenvalue weighted by molar-refractivity contribution is -0.137. The fourth-order valence-corrected chi connectivity index (χ4v) is 8.75. The van der Waals surface area contributed by atoms with Crippen LogP contribution in [0.4, 0.5) is 5.82 Å². The highest BCUT2D eigenvalue weighted by Gasteiger charge is 2.50. The number of hydrogen-bond donors (Lipinski definition) is 9. The highest BCUT2D eigenvalue weighted by molar-refractivity contribution is 8.14. The van der Waals surface area contributed by atoms with Crippen LogP contribution in [0, 0.1) is 11.3 Å². The number of aliphatic hydroxyl groups is 2. The van der Waals surface area contributed by atoms with Gasteiger partial charge < -0.3 is 50.9 Å². The van der Waals surface area contributed by atoms with Crippen molar-refractivity contribution in [1.82, 2.24) is 30.2 Å². The summed E-state index contributed by atoms with van der Waals surface area (Å²) in [5, 5.41) is 26.3. The van der Waals surface area contributed by atoms with Gasteiger partial charge >= 0.3 is 23.5 Å². The van der Waals surface area contributed by atoms with Gasteiger partial charge in [-0.15, -0.1) is 0 Å². The number of aliphatic hydroxyl groups excluding tert-OH is 2. The molecule has 2 aromatic heterocycles. The number of phosphoric ester groups is 3. The van der Waals surface area contributed by atoms with E-state index >= 15 is 0 Å². The SMILES string of the molecule is CC(C)CCCCC=CC(=O)SCCNC(=O)CCNC(=O)[C@H](O)C(C)(C)COP(=O)(O)OP(=O)(O)OC[C@H]1O[C@@H](n2cnc3c(N)ncnc32)[C@H](O)[C@@H]1OP(=O)(O)O. The third-order valence-electron chi connectivity index (χ3n) is 8.40. The van der Waals surface area contributed by atoms with E-state index < -0.39 is 84.6 Å². The quantitative estimate of drug-likeness (QED) is 0.0386. The molecule has 0 aromatic carbocycles. The van der Waals surface area contributed by atoms with Gasteiger partial charge in [0.2, 0.25) is 16.9 Å². The molecule has 1 aliphatic rings. The highest BCUT2D eigenvalue weighted by Crippen LogP contribution is 2.61. The molecule has 2 aromatic rings. The van der Waals surface area contributed by atoms with Crippen LogP contribution >= 0.6 is 35.2 Å². The molecule has 1 aliphatic heterocycles. The van der Waals surface area contributed by atoms with Crippen molar-refractivity contribution in [2.45, 2.75) is 90.4 Å². The number of imidazole rings is 1. The number of ether oxygens (including phenoxy) is 1. The molecule has 334 valence electrons. The minimum absolute atomic E-state index is 0.0310. The molecule has 3 rings (SSSR count). The number of nitrogen functional groups attached to an aromatic ring is 1. The van der Waals surface area contributed by atoms with Crippen molar-refractivity contribution < 1.29 is 80.5 Å². The summed E-state index contributed by atoms with van der Waals surface area (Å²) in [6.07, 6.45) is 0.508. The molecule has 7 atom stereocenters. The van der Waals surface area contributed by atoms with Crippen molar-refractivity contribution in [3.8, 4) is 0 Å². The van der Waals surface area contributed by atoms with Crippen LogP contribution in [0.2, 0.25) is 0 Å². The first-order valence-electron chi connectivity index (χ1n) is 18.1. The van der Waals surface area contributed by atoms with Crippen molar-refractivity contribution in [2.75, 3.05) is 37.8 Å². The molecule has 0 spiro atoms. The summed E-state index contributed by atoms with van der Waals surface area (Å²) in [5.74, 6) is -0.468. The highest BCUT2D eigenvalue weighted by atomic mass is 32.2. The maximum atomic E-state index is 12.7. The van der Waals surface area contributed by atoms with Gasteiger partial charge in [-0.2, -0.15) is 4.31 Å². The first kappa shape index (κ1) is 50.7. The van der Waals surface area contributed by atoms with Crippen molar-refractivity contribution in [2.24, 2.45) is 11.3 Å². The number of nitrogens with zero attached hydrogens (tertiary/aromatic N) is 4.